The molecule has 1 saturated heterocycles. The van der Waals surface area contributed by atoms with Crippen LogP contribution >= 0.6 is 15.9 Å². The summed E-state index contributed by atoms with van der Waals surface area (Å²) in [5.74, 6) is -0.699. The molecule has 2 aromatic carbocycles. The molecule has 1 aliphatic heterocycles. The monoisotopic (exact) mass is 418 g/mol. The van der Waals surface area contributed by atoms with Crippen molar-refractivity contribution in [3.8, 4) is 0 Å². The van der Waals surface area contributed by atoms with Gasteiger partial charge >= 0.3 is 6.03 Å². The van der Waals surface area contributed by atoms with E-state index in [1.807, 2.05) is 69.3 Å². The second-order valence-corrected chi connectivity index (χ2v) is 7.70. The first-order valence-corrected chi connectivity index (χ1v) is 9.34. The molecule has 0 aromatic heterocycles. The molecule has 26 heavy (non-hydrogen) atoms. The Morgan fingerprint density at radius 2 is 1.92 bits per heavy atom. The molecule has 0 aliphatic carbocycles. The molecule has 2 aromatic rings. The van der Waals surface area contributed by atoms with Crippen LogP contribution in [0.2, 0.25) is 0 Å². The molecule has 0 radical (unpaired) electrons. The van der Waals surface area contributed by atoms with Gasteiger partial charge in [-0.15, -0.1) is 0 Å². The Hall–Kier alpha value is -1.89. The minimum absolute atomic E-state index is 0.285. The van der Waals surface area contributed by atoms with Gasteiger partial charge in [0, 0.05) is 4.47 Å². The van der Waals surface area contributed by atoms with Gasteiger partial charge in [0.1, 0.15) is 6.10 Å². The summed E-state index contributed by atoms with van der Waals surface area (Å²) >= 11 is 3.47. The molecule has 1 aliphatic rings. The number of nitrogens with one attached hydrogen (secondary N) is 2. The van der Waals surface area contributed by atoms with Crippen molar-refractivity contribution in [1.29, 1.82) is 0 Å². The lowest BCUT2D eigenvalue weighted by atomic mass is 10.0. The molecule has 0 saturated carbocycles. The van der Waals surface area contributed by atoms with Gasteiger partial charge in [0.15, 0.2) is 5.79 Å². The largest absolute Gasteiger partial charge is 0.348 e. The highest BCUT2D eigenvalue weighted by molar-refractivity contribution is 9.10. The van der Waals surface area contributed by atoms with E-state index in [4.69, 9.17) is 9.47 Å². The zero-order valence-electron chi connectivity index (χ0n) is 15.1. The normalized spacial score (nSPS) is 21.8. The van der Waals surface area contributed by atoms with E-state index in [-0.39, 0.29) is 18.2 Å². The molecule has 2 atom stereocenters. The van der Waals surface area contributed by atoms with Crippen molar-refractivity contribution < 1.29 is 14.3 Å². The molecule has 2 N–H and O–H groups in total. The van der Waals surface area contributed by atoms with Crippen molar-refractivity contribution in [2.24, 2.45) is 0 Å². The van der Waals surface area contributed by atoms with Crippen molar-refractivity contribution in [2.75, 3.05) is 11.9 Å². The Morgan fingerprint density at radius 1 is 1.19 bits per heavy atom. The van der Waals surface area contributed by atoms with E-state index in [2.05, 4.69) is 26.6 Å². The number of carbonyl (C=O) groups is 1. The highest BCUT2D eigenvalue weighted by atomic mass is 79.9. The molecule has 3 rings (SSSR count). The van der Waals surface area contributed by atoms with Gasteiger partial charge in [-0.05, 0) is 60.0 Å². The van der Waals surface area contributed by atoms with Crippen LogP contribution in [0.1, 0.15) is 31.1 Å². The zero-order valence-corrected chi connectivity index (χ0v) is 16.7. The number of hydrogen-bond donors (Lipinski definition) is 2. The van der Waals surface area contributed by atoms with Gasteiger partial charge in [0.2, 0.25) is 0 Å². The number of amides is 2. The van der Waals surface area contributed by atoms with E-state index in [0.29, 0.717) is 12.3 Å². The number of halogens is 1. The summed E-state index contributed by atoms with van der Waals surface area (Å²) in [6.45, 7) is 6.12. The van der Waals surface area contributed by atoms with E-state index >= 15 is 0 Å². The van der Waals surface area contributed by atoms with Crippen molar-refractivity contribution in [3.63, 3.8) is 0 Å². The van der Waals surface area contributed by atoms with Crippen LogP contribution < -0.4 is 10.6 Å². The molecular weight excluding hydrogens is 396 g/mol. The summed E-state index contributed by atoms with van der Waals surface area (Å²) in [5.41, 5.74) is 2.83. The van der Waals surface area contributed by atoms with Gasteiger partial charge in [-0.3, -0.25) is 0 Å². The molecule has 1 heterocycles. The summed E-state index contributed by atoms with van der Waals surface area (Å²) in [6.07, 6.45) is -0.285. The van der Waals surface area contributed by atoms with E-state index < -0.39 is 5.79 Å². The van der Waals surface area contributed by atoms with E-state index in [1.165, 1.54) is 0 Å². The maximum atomic E-state index is 12.5. The zero-order chi connectivity index (χ0) is 18.7. The van der Waals surface area contributed by atoms with Crippen LogP contribution in [0, 0.1) is 6.92 Å². The Kier molecular flexibility index (Phi) is 5.65. The Balaban J connectivity index is 1.73. The van der Waals surface area contributed by atoms with Gasteiger partial charge in [0.05, 0.1) is 18.3 Å². The molecule has 138 valence electrons. The van der Waals surface area contributed by atoms with E-state index in [0.717, 1.165) is 15.6 Å². The summed E-state index contributed by atoms with van der Waals surface area (Å²) < 4.78 is 12.7. The standard InChI is InChI=1S/C20H23BrN2O3/c1-13-9-10-16(15(21)11-13)22-19(24)23-17-12-25-20(2,3)26-18(17)14-7-5-4-6-8-14/h4-11,17-18H,12H2,1-3H3,(H2,22,23,24)/t17-,18+/m0/s1. The molecule has 1 fully saturated rings. The van der Waals surface area contributed by atoms with Crippen LogP contribution in [0.4, 0.5) is 10.5 Å². The number of hydrogen-bond acceptors (Lipinski definition) is 3. The smallest absolute Gasteiger partial charge is 0.319 e. The van der Waals surface area contributed by atoms with Gasteiger partial charge in [-0.1, -0.05) is 36.4 Å². The molecule has 0 spiro atoms. The lowest BCUT2D eigenvalue weighted by Crippen LogP contribution is -2.52. The summed E-state index contributed by atoms with van der Waals surface area (Å²) in [7, 11) is 0. The third-order valence-corrected chi connectivity index (χ3v) is 4.86. The fraction of sp³-hybridized carbons (Fsp3) is 0.350. The number of rotatable bonds is 3. The van der Waals surface area contributed by atoms with Crippen LogP contribution in [0.3, 0.4) is 0 Å². The van der Waals surface area contributed by atoms with Crippen molar-refractivity contribution >= 4 is 27.6 Å². The van der Waals surface area contributed by atoms with Crippen LogP contribution in [0.5, 0.6) is 0 Å². The summed E-state index contributed by atoms with van der Waals surface area (Å²) in [5, 5.41) is 5.84. The van der Waals surface area contributed by atoms with Gasteiger partial charge in [-0.2, -0.15) is 0 Å². The second-order valence-electron chi connectivity index (χ2n) is 6.85. The minimum Gasteiger partial charge on any atom is -0.348 e. The van der Waals surface area contributed by atoms with Crippen LogP contribution in [-0.4, -0.2) is 24.5 Å². The van der Waals surface area contributed by atoms with Gasteiger partial charge in [0.25, 0.3) is 0 Å². The van der Waals surface area contributed by atoms with Crippen LogP contribution in [0.15, 0.2) is 53.0 Å². The lowest BCUT2D eigenvalue weighted by molar-refractivity contribution is -0.284. The first-order chi connectivity index (χ1) is 12.3. The number of aryl methyl sites for hydroxylation is 1. The second kappa shape index (κ2) is 7.78. The maximum absolute atomic E-state index is 12.5. The lowest BCUT2D eigenvalue weighted by Gasteiger charge is -2.41. The molecule has 0 unspecified atom stereocenters. The van der Waals surface area contributed by atoms with Gasteiger partial charge < -0.3 is 20.1 Å². The fourth-order valence-electron chi connectivity index (χ4n) is 2.91. The highest BCUT2D eigenvalue weighted by Gasteiger charge is 2.38. The number of urea groups is 1. The molecule has 0 bridgehead atoms. The summed E-state index contributed by atoms with van der Waals surface area (Å²) in [4.78, 5) is 12.5. The third-order valence-electron chi connectivity index (χ3n) is 4.20. The first-order valence-electron chi connectivity index (χ1n) is 8.54. The molecule has 2 amide bonds. The number of carbonyl (C=O) groups excluding carboxylic acids is 1. The van der Waals surface area contributed by atoms with Crippen LogP contribution in [-0.2, 0) is 9.47 Å². The molecule has 5 nitrogen and oxygen atoms in total. The summed E-state index contributed by atoms with van der Waals surface area (Å²) in [6, 6.07) is 15.0. The average Bonchev–Trinajstić information content (AvgIpc) is 2.59. The maximum Gasteiger partial charge on any atom is 0.319 e. The molecule has 6 heteroatoms. The van der Waals surface area contributed by atoms with E-state index in [1.54, 1.807) is 0 Å². The predicted molar refractivity (Wildman–Crippen MR) is 105 cm³/mol. The first kappa shape index (κ1) is 18.9. The Labute approximate surface area is 162 Å². The molecular formula is C20H23BrN2O3. The van der Waals surface area contributed by atoms with E-state index in [9.17, 15) is 4.79 Å². The number of ether oxygens (including phenoxy) is 2. The quantitative estimate of drug-likeness (QED) is 0.754. The SMILES string of the molecule is Cc1ccc(NC(=O)N[C@H]2COC(C)(C)O[C@@H]2c2ccccc2)c(Br)c1. The van der Waals surface area contributed by atoms with Crippen molar-refractivity contribution in [2.45, 2.75) is 38.7 Å². The van der Waals surface area contributed by atoms with Crippen molar-refractivity contribution in [1.82, 2.24) is 5.32 Å². The fourth-order valence-corrected chi connectivity index (χ4v) is 3.50. The van der Waals surface area contributed by atoms with Gasteiger partial charge in [-0.25, -0.2) is 4.79 Å². The third kappa shape index (κ3) is 4.63. The average molecular weight is 419 g/mol. The Bertz CT molecular complexity index is 780. The van der Waals surface area contributed by atoms with Crippen LogP contribution in [0.25, 0.3) is 0 Å². The van der Waals surface area contributed by atoms with Crippen molar-refractivity contribution in [3.05, 3.63) is 64.1 Å². The Morgan fingerprint density at radius 3 is 2.62 bits per heavy atom. The number of anilines is 1. The minimum atomic E-state index is -0.699. The predicted octanol–water partition coefficient (Wildman–Crippen LogP) is 4.77. The highest BCUT2D eigenvalue weighted by Crippen LogP contribution is 2.33. The number of benzene rings is 2. The topological polar surface area (TPSA) is 59.6 Å².